The Morgan fingerprint density at radius 1 is 0.544 bits per heavy atom. The smallest absolute Gasteiger partial charge is 0.315 e. The molecule has 576 valence electrons. The second kappa shape index (κ2) is 32.7. The van der Waals surface area contributed by atoms with Gasteiger partial charge >= 0.3 is 6.03 Å². The molecule has 103 heavy (non-hydrogen) atoms. The van der Waals surface area contributed by atoms with Gasteiger partial charge in [0.15, 0.2) is 0 Å². The van der Waals surface area contributed by atoms with Crippen LogP contribution in [0.25, 0.3) is 0 Å². The molecule has 0 bridgehead atoms. The SMILES string of the molecule is C=CCNC(=O)C(=O)C(CC1CC1)NC(=O)C1[C@@H]2[C@H](CN1C(=O)[C@@H](N)C(C)(C)C)C2(C)C.C=CCNC(=O)C(=O)C(CC1CC1)NC(=O)C1[C@@H]2[C@H](CN1C(=O)[C@@H](NC(=O)NC(CN1C(=O)CC(C)(C)CC1=O)C(C)(C)C)C(C)(C)C)C2(C)C.CC1(C)CC(=O)N(CC(N=C=O)C(C)(C)C)C(=O)C1.Cl. The highest BCUT2D eigenvalue weighted by Gasteiger charge is 2.71. The Labute approximate surface area is 616 Å². The maximum absolute atomic E-state index is 14.5. The number of hydrogen-bond acceptors (Lipinski definition) is 16. The van der Waals surface area contributed by atoms with Crippen molar-refractivity contribution >= 4 is 95.2 Å². The molecule has 0 aromatic rings. The molecule has 0 aromatic carbocycles. The van der Waals surface area contributed by atoms with E-state index in [0.29, 0.717) is 44.7 Å². The lowest BCUT2D eigenvalue weighted by Crippen LogP contribution is -2.63. The fourth-order valence-electron chi connectivity index (χ4n) is 14.8. The van der Waals surface area contributed by atoms with Crippen molar-refractivity contribution in [1.82, 2.24) is 51.5 Å². The Morgan fingerprint density at radius 2 is 0.913 bits per heavy atom. The molecule has 4 aliphatic carbocycles. The molecule has 27 heteroatoms. The average molecular weight is 1460 g/mol. The summed E-state index contributed by atoms with van der Waals surface area (Å²) < 4.78 is 0. The van der Waals surface area contributed by atoms with Crippen molar-refractivity contribution in [3.8, 4) is 0 Å². The van der Waals surface area contributed by atoms with E-state index in [2.05, 4.69) is 77.7 Å². The quantitative estimate of drug-likeness (QED) is 0.0174. The van der Waals surface area contributed by atoms with Crippen molar-refractivity contribution in [3.63, 3.8) is 0 Å². The van der Waals surface area contributed by atoms with Crippen LogP contribution in [-0.4, -0.2) is 190 Å². The molecule has 8 aliphatic rings. The molecule has 8 rings (SSSR count). The topological polar surface area (TPSA) is 362 Å². The minimum absolute atomic E-state index is 0. The summed E-state index contributed by atoms with van der Waals surface area (Å²) in [4.78, 5) is 190. The Morgan fingerprint density at radius 3 is 1.23 bits per heavy atom. The minimum atomic E-state index is -1.04. The molecule has 0 aromatic heterocycles. The molecule has 6 unspecified atom stereocenters. The van der Waals surface area contributed by atoms with Gasteiger partial charge in [-0.25, -0.2) is 14.6 Å². The molecule has 4 saturated heterocycles. The second-order valence-corrected chi connectivity index (χ2v) is 37.1. The molecule has 4 saturated carbocycles. The van der Waals surface area contributed by atoms with E-state index in [1.54, 1.807) is 4.90 Å². The van der Waals surface area contributed by atoms with Gasteiger partial charge < -0.3 is 47.4 Å². The highest BCUT2D eigenvalue weighted by Crippen LogP contribution is 2.66. The van der Waals surface area contributed by atoms with Crippen molar-refractivity contribution in [2.45, 2.75) is 251 Å². The number of aliphatic imine (C=N–C) groups is 1. The van der Waals surface area contributed by atoms with E-state index in [0.717, 1.165) is 25.7 Å². The zero-order chi connectivity index (χ0) is 77.3. The molecule has 8 fully saturated rings. The fraction of sp³-hybridized carbons (Fsp3) is 0.763. The van der Waals surface area contributed by atoms with Crippen LogP contribution in [0.4, 0.5) is 4.79 Å². The number of fused-ring (bicyclic) bond motifs is 2. The standard InChI is InChI=1S/C38H60N6O7.C24H38N4O4.C14H22N2O3.ClH/c1-12-15-39-32(49)29(47)23(16-21-13-14-21)40-31(48)28-27-22(38(27,10)11)19-44(28)33(50)30(36(5,6)7)42-34(51)41-24(35(2,3)4)20-43-25(45)17-37(8,9)18-26(43)46;1-7-10-26-21(31)18(29)15(11-13-8-9-13)27-20(30)17-16-14(24(16,5)6)12-28(17)22(32)19(25)23(2,3)4;1-13(2,3)10(15-9-17)8-16-11(18)6-14(4,5)7-12(16)19;/h12,21-24,27-28,30H,1,13-20H2,2-11H3,(H,39,49)(H,40,48)(H2,41,42,51);7,13-17,19H,1,8-12,25H2,2-6H3,(H,26,31)(H,27,30);10H,6-8H2,1-5H3;1H/t22-,23?,24?,27-,28?,30+;14-,15?,16-,17?,19+;;/m00../s1. The third kappa shape index (κ3) is 21.7. The second-order valence-electron chi connectivity index (χ2n) is 37.1. The monoisotopic (exact) mass is 1460 g/mol. The van der Waals surface area contributed by atoms with Gasteiger partial charge in [0.25, 0.3) is 11.8 Å². The molecule has 0 spiro atoms. The number of imide groups is 2. The highest BCUT2D eigenvalue weighted by molar-refractivity contribution is 6.39. The largest absolute Gasteiger partial charge is 0.346 e. The summed E-state index contributed by atoms with van der Waals surface area (Å²) in [6.07, 6.45) is 10.2. The summed E-state index contributed by atoms with van der Waals surface area (Å²) in [5.74, 6) is -4.65. The predicted molar refractivity (Wildman–Crippen MR) is 391 cm³/mol. The van der Waals surface area contributed by atoms with Crippen LogP contribution in [-0.2, 0) is 62.3 Å². The van der Waals surface area contributed by atoms with Gasteiger partial charge in [-0.2, -0.15) is 0 Å². The van der Waals surface area contributed by atoms with Gasteiger partial charge in [0.1, 0.15) is 18.1 Å². The molecular weight excluding hydrogens is 1340 g/mol. The van der Waals surface area contributed by atoms with E-state index in [-0.39, 0.29) is 138 Å². The number of urea groups is 1. The van der Waals surface area contributed by atoms with Crippen LogP contribution < -0.4 is 37.6 Å². The summed E-state index contributed by atoms with van der Waals surface area (Å²) >= 11 is 0. The number of carbonyl (C=O) groups excluding carboxylic acids is 14. The van der Waals surface area contributed by atoms with Crippen LogP contribution in [0.3, 0.4) is 0 Å². The number of nitrogens with one attached hydrogen (secondary N) is 6. The van der Waals surface area contributed by atoms with Crippen molar-refractivity contribution in [1.29, 1.82) is 0 Å². The molecule has 4 aliphatic heterocycles. The Bertz CT molecular complexity index is 3300. The number of rotatable bonds is 25. The molecule has 8 N–H and O–H groups in total. The number of nitrogens with zero attached hydrogens (tertiary/aromatic N) is 5. The van der Waals surface area contributed by atoms with E-state index in [4.69, 9.17) is 5.73 Å². The van der Waals surface area contributed by atoms with Gasteiger partial charge in [0, 0.05) is 58.4 Å². The first kappa shape index (κ1) is 86.5. The van der Waals surface area contributed by atoms with Crippen LogP contribution in [0.15, 0.2) is 30.3 Å². The molecule has 26 nitrogen and oxygen atoms in total. The molecule has 4 heterocycles. The number of nitrogens with two attached hydrogens (primary N) is 1. The van der Waals surface area contributed by atoms with E-state index < -0.39 is 111 Å². The number of carbonyl (C=O) groups is 13. The lowest BCUT2D eigenvalue weighted by atomic mass is 9.80. The number of piperidine rings is 4. The third-order valence-corrected chi connectivity index (χ3v) is 22.2. The zero-order valence-corrected chi connectivity index (χ0v) is 65.7. The van der Waals surface area contributed by atoms with Crippen LogP contribution in [0, 0.1) is 78.8 Å². The van der Waals surface area contributed by atoms with Crippen LogP contribution in [0.2, 0.25) is 0 Å². The van der Waals surface area contributed by atoms with Crippen LogP contribution in [0.1, 0.15) is 203 Å². The fourth-order valence-corrected chi connectivity index (χ4v) is 14.8. The van der Waals surface area contributed by atoms with Crippen molar-refractivity contribution in [2.75, 3.05) is 39.3 Å². The van der Waals surface area contributed by atoms with Crippen molar-refractivity contribution < 1.29 is 67.1 Å². The van der Waals surface area contributed by atoms with E-state index in [9.17, 15) is 67.1 Å². The number of likely N-dealkylation sites (tertiary alicyclic amines) is 4. The molecule has 12 amide bonds. The predicted octanol–water partition coefficient (Wildman–Crippen LogP) is 6.26. The Hall–Kier alpha value is -7.18. The van der Waals surface area contributed by atoms with Gasteiger partial charge in [0.05, 0.1) is 36.8 Å². The Balaban J connectivity index is 0.000000311. The first-order chi connectivity index (χ1) is 46.8. The molecular formula is C76H121ClN12O14. The van der Waals surface area contributed by atoms with Gasteiger partial charge in [0.2, 0.25) is 64.9 Å². The number of ketones is 2. The maximum atomic E-state index is 14.5. The number of isocyanates is 1. The normalized spacial score (nSPS) is 25.1. The Kier molecular flexibility index (Phi) is 27.4. The summed E-state index contributed by atoms with van der Waals surface area (Å²) in [5, 5.41) is 16.5. The minimum Gasteiger partial charge on any atom is -0.346 e. The highest BCUT2D eigenvalue weighted by atomic mass is 35.5. The molecule has 0 radical (unpaired) electrons. The average Bonchev–Trinajstić information content (AvgIpc) is 1.53. The van der Waals surface area contributed by atoms with Gasteiger partial charge in [-0.1, -0.05) is 176 Å². The van der Waals surface area contributed by atoms with Crippen molar-refractivity contribution in [3.05, 3.63) is 25.3 Å². The first-order valence-electron chi connectivity index (χ1n) is 36.4. The third-order valence-electron chi connectivity index (χ3n) is 22.2. The zero-order valence-electron chi connectivity index (χ0n) is 64.9. The van der Waals surface area contributed by atoms with Gasteiger partial charge in [-0.15, -0.1) is 25.6 Å². The van der Waals surface area contributed by atoms with Crippen LogP contribution >= 0.6 is 12.4 Å². The summed E-state index contributed by atoms with van der Waals surface area (Å²) in [6, 6.07) is -6.92. The number of Topliss-reactive ketones (excluding diaryl/α,β-unsaturated/α-hetero) is 2. The van der Waals surface area contributed by atoms with Crippen molar-refractivity contribution in [2.24, 2.45) is 89.6 Å². The van der Waals surface area contributed by atoms with E-state index in [1.807, 2.05) is 111 Å². The summed E-state index contributed by atoms with van der Waals surface area (Å²) in [5.41, 5.74) is 3.20. The summed E-state index contributed by atoms with van der Waals surface area (Å²) in [6.45, 7) is 46.9. The maximum Gasteiger partial charge on any atom is 0.315 e. The first-order valence-corrected chi connectivity index (χ1v) is 36.4. The number of amides is 12. The van der Waals surface area contributed by atoms with Crippen LogP contribution in [0.5, 0.6) is 0 Å². The van der Waals surface area contributed by atoms with E-state index >= 15 is 0 Å². The molecule has 12 atom stereocenters. The van der Waals surface area contributed by atoms with Gasteiger partial charge in [-0.3, -0.25) is 67.3 Å². The number of halogens is 1. The number of hydrogen-bond donors (Lipinski definition) is 7. The lowest BCUT2D eigenvalue weighted by Gasteiger charge is -2.40. The van der Waals surface area contributed by atoms with Gasteiger partial charge in [-0.05, 0) is 91.7 Å². The van der Waals surface area contributed by atoms with E-state index in [1.165, 1.54) is 32.9 Å². The lowest BCUT2D eigenvalue weighted by molar-refractivity contribution is -0.154. The summed E-state index contributed by atoms with van der Waals surface area (Å²) in [7, 11) is 0.